The summed E-state index contributed by atoms with van der Waals surface area (Å²) in [6, 6.07) is 12.1. The third-order valence-corrected chi connectivity index (χ3v) is 6.38. The maximum Gasteiger partial charge on any atom is 0.172 e. The molecule has 0 saturated heterocycles. The monoisotopic (exact) mass is 359 g/mol. The van der Waals surface area contributed by atoms with Crippen molar-refractivity contribution in [2.24, 2.45) is 4.40 Å². The van der Waals surface area contributed by atoms with Gasteiger partial charge in [-0.2, -0.15) is 4.40 Å². The molecule has 1 saturated carbocycles. The van der Waals surface area contributed by atoms with Gasteiger partial charge in [-0.05, 0) is 62.4 Å². The molecule has 0 aliphatic heterocycles. The smallest absolute Gasteiger partial charge is 0.172 e. The summed E-state index contributed by atoms with van der Waals surface area (Å²) < 4.78 is 17.2. The molecule has 0 amide bonds. The summed E-state index contributed by atoms with van der Waals surface area (Å²) in [7, 11) is -1.36. The van der Waals surface area contributed by atoms with Gasteiger partial charge < -0.3 is 0 Å². The normalized spacial score (nSPS) is 17.7. The van der Waals surface area contributed by atoms with Crippen LogP contribution in [0.3, 0.4) is 0 Å². The second kappa shape index (κ2) is 6.81. The van der Waals surface area contributed by atoms with Gasteiger partial charge >= 0.3 is 0 Å². The minimum absolute atomic E-state index is 0.0905. The van der Waals surface area contributed by atoms with Gasteiger partial charge in [0.2, 0.25) is 0 Å². The van der Waals surface area contributed by atoms with Crippen LogP contribution in [-0.4, -0.2) is 10.4 Å². The molecule has 1 aliphatic rings. The van der Waals surface area contributed by atoms with Crippen molar-refractivity contribution < 1.29 is 4.21 Å². The molecule has 126 valence electrons. The van der Waals surface area contributed by atoms with Crippen LogP contribution in [0.15, 0.2) is 45.7 Å². The zero-order chi connectivity index (χ0) is 17.3. The molecular formula is C20H22ClNOS. The van der Waals surface area contributed by atoms with Crippen LogP contribution in [0.2, 0.25) is 5.02 Å². The van der Waals surface area contributed by atoms with Gasteiger partial charge in [-0.3, -0.25) is 0 Å². The lowest BCUT2D eigenvalue weighted by molar-refractivity contribution is 0.348. The fourth-order valence-electron chi connectivity index (χ4n) is 3.48. The molecular weight excluding hydrogens is 338 g/mol. The highest BCUT2D eigenvalue weighted by Gasteiger charge is 2.37. The Balaban J connectivity index is 1.89. The van der Waals surface area contributed by atoms with E-state index in [1.807, 2.05) is 32.2 Å². The first-order valence-corrected chi connectivity index (χ1v) is 9.71. The van der Waals surface area contributed by atoms with E-state index in [9.17, 15) is 4.21 Å². The molecule has 0 spiro atoms. The molecule has 1 fully saturated rings. The zero-order valence-corrected chi connectivity index (χ0v) is 15.9. The maximum absolute atomic E-state index is 12.8. The van der Waals surface area contributed by atoms with Gasteiger partial charge in [0.05, 0.1) is 4.90 Å². The number of aryl methyl sites for hydroxylation is 3. The van der Waals surface area contributed by atoms with E-state index in [2.05, 4.69) is 35.6 Å². The highest BCUT2D eigenvalue weighted by molar-refractivity contribution is 7.84. The summed E-state index contributed by atoms with van der Waals surface area (Å²) in [5.41, 5.74) is 4.38. The molecule has 1 aliphatic carbocycles. The molecule has 0 heterocycles. The van der Waals surface area contributed by atoms with Gasteiger partial charge in [-0.15, -0.1) is 0 Å². The molecule has 0 bridgehead atoms. The van der Waals surface area contributed by atoms with Crippen LogP contribution >= 0.6 is 11.6 Å². The standard InChI is InChI=1S/C20H22ClNOS/c1-14-11-15(2)19(16(3)12-14)24(23)22-13-20(9-4-10-20)17-5-7-18(21)8-6-17/h5-8,11-13H,4,9-10H2,1-3H3/b22-13+. The highest BCUT2D eigenvalue weighted by Crippen LogP contribution is 2.42. The Labute approximate surface area is 151 Å². The molecule has 4 heteroatoms. The molecule has 1 unspecified atom stereocenters. The fraction of sp³-hybridized carbons (Fsp3) is 0.350. The largest absolute Gasteiger partial charge is 0.229 e. The lowest BCUT2D eigenvalue weighted by Crippen LogP contribution is -2.36. The van der Waals surface area contributed by atoms with Gasteiger partial charge in [0.15, 0.2) is 11.0 Å². The molecule has 0 aromatic heterocycles. The Morgan fingerprint density at radius 2 is 1.67 bits per heavy atom. The second-order valence-corrected chi connectivity index (χ2v) is 8.28. The quantitative estimate of drug-likeness (QED) is 0.664. The molecule has 2 aromatic carbocycles. The van der Waals surface area contributed by atoms with E-state index < -0.39 is 11.0 Å². The van der Waals surface area contributed by atoms with Crippen molar-refractivity contribution >= 4 is 28.8 Å². The van der Waals surface area contributed by atoms with Gasteiger partial charge in [-0.1, -0.05) is 47.9 Å². The Morgan fingerprint density at radius 1 is 1.08 bits per heavy atom. The van der Waals surface area contributed by atoms with Crippen molar-refractivity contribution in [1.29, 1.82) is 0 Å². The Bertz CT molecular complexity index is 784. The minimum Gasteiger partial charge on any atom is -0.229 e. The Morgan fingerprint density at radius 3 is 2.17 bits per heavy atom. The number of halogens is 1. The van der Waals surface area contributed by atoms with E-state index in [0.717, 1.165) is 33.9 Å². The van der Waals surface area contributed by atoms with E-state index in [1.165, 1.54) is 17.5 Å². The number of hydrogen-bond acceptors (Lipinski definition) is 1. The summed E-state index contributed by atoms with van der Waals surface area (Å²) in [5.74, 6) is 0. The predicted molar refractivity (Wildman–Crippen MR) is 103 cm³/mol. The summed E-state index contributed by atoms with van der Waals surface area (Å²) in [5, 5.41) is 0.736. The van der Waals surface area contributed by atoms with Gasteiger partial charge in [0.1, 0.15) is 0 Å². The average Bonchev–Trinajstić information content (AvgIpc) is 2.46. The number of benzene rings is 2. The summed E-state index contributed by atoms with van der Waals surface area (Å²) in [4.78, 5) is 0.836. The minimum atomic E-state index is -1.36. The molecule has 2 aromatic rings. The Kier molecular flexibility index (Phi) is 4.93. The van der Waals surface area contributed by atoms with Crippen LogP contribution in [0.1, 0.15) is 41.5 Å². The number of rotatable bonds is 4. The van der Waals surface area contributed by atoms with Crippen LogP contribution in [-0.2, 0) is 16.4 Å². The first-order chi connectivity index (χ1) is 11.4. The van der Waals surface area contributed by atoms with Crippen molar-refractivity contribution in [3.63, 3.8) is 0 Å². The second-order valence-electron chi connectivity index (χ2n) is 6.73. The van der Waals surface area contributed by atoms with E-state index in [4.69, 9.17) is 11.6 Å². The SMILES string of the molecule is Cc1cc(C)c(S(=O)/N=C/C2(c3ccc(Cl)cc3)CCC2)c(C)c1. The van der Waals surface area contributed by atoms with Gasteiger partial charge in [0, 0.05) is 16.7 Å². The van der Waals surface area contributed by atoms with Crippen molar-refractivity contribution in [3.05, 3.63) is 63.7 Å². The van der Waals surface area contributed by atoms with Crippen LogP contribution < -0.4 is 0 Å². The topological polar surface area (TPSA) is 29.4 Å². The van der Waals surface area contributed by atoms with Crippen molar-refractivity contribution in [3.8, 4) is 0 Å². The summed E-state index contributed by atoms with van der Waals surface area (Å²) in [6.45, 7) is 6.06. The maximum atomic E-state index is 12.8. The predicted octanol–water partition coefficient (Wildman–Crippen LogP) is 5.48. The average molecular weight is 360 g/mol. The van der Waals surface area contributed by atoms with Crippen molar-refractivity contribution in [1.82, 2.24) is 0 Å². The van der Waals surface area contributed by atoms with Crippen LogP contribution in [0, 0.1) is 20.8 Å². The zero-order valence-electron chi connectivity index (χ0n) is 14.3. The first-order valence-electron chi connectivity index (χ1n) is 8.22. The van der Waals surface area contributed by atoms with E-state index in [-0.39, 0.29) is 5.41 Å². The molecule has 1 atom stereocenters. The van der Waals surface area contributed by atoms with E-state index >= 15 is 0 Å². The molecule has 2 nitrogen and oxygen atoms in total. The van der Waals surface area contributed by atoms with Crippen molar-refractivity contribution in [2.45, 2.75) is 50.3 Å². The number of hydrogen-bond donors (Lipinski definition) is 0. The fourth-order valence-corrected chi connectivity index (χ4v) is 4.67. The number of nitrogens with zero attached hydrogens (tertiary/aromatic N) is 1. The van der Waals surface area contributed by atoms with Crippen LogP contribution in [0.4, 0.5) is 0 Å². The first kappa shape index (κ1) is 17.4. The van der Waals surface area contributed by atoms with Gasteiger partial charge in [-0.25, -0.2) is 4.21 Å². The third kappa shape index (κ3) is 3.33. The van der Waals surface area contributed by atoms with Crippen LogP contribution in [0.5, 0.6) is 0 Å². The van der Waals surface area contributed by atoms with Crippen LogP contribution in [0.25, 0.3) is 0 Å². The van der Waals surface area contributed by atoms with E-state index in [1.54, 1.807) is 0 Å². The molecule has 24 heavy (non-hydrogen) atoms. The van der Waals surface area contributed by atoms with Crippen molar-refractivity contribution in [2.75, 3.05) is 0 Å². The van der Waals surface area contributed by atoms with Gasteiger partial charge in [0.25, 0.3) is 0 Å². The molecule has 3 rings (SSSR count). The molecule has 0 N–H and O–H groups in total. The lowest BCUT2D eigenvalue weighted by Gasteiger charge is -2.39. The lowest BCUT2D eigenvalue weighted by atomic mass is 9.65. The third-order valence-electron chi connectivity index (χ3n) is 4.84. The Hall–Kier alpha value is -1.45. The molecule has 0 radical (unpaired) electrons. The summed E-state index contributed by atoms with van der Waals surface area (Å²) >= 11 is 6.00. The highest BCUT2D eigenvalue weighted by atomic mass is 35.5. The summed E-state index contributed by atoms with van der Waals surface area (Å²) in [6.07, 6.45) is 5.17. The van der Waals surface area contributed by atoms with E-state index in [0.29, 0.717) is 0 Å².